The fraction of sp³-hybridized carbons (Fsp3) is 0.400. The minimum Gasteiger partial charge on any atom is -0.336 e. The lowest BCUT2D eigenvalue weighted by Crippen LogP contribution is -2.48. The van der Waals surface area contributed by atoms with E-state index in [1.807, 2.05) is 47.1 Å². The number of rotatable bonds is 2. The average Bonchev–Trinajstić information content (AvgIpc) is 3.00. The van der Waals surface area contributed by atoms with Crippen molar-refractivity contribution in [3.8, 4) is 0 Å². The Balaban J connectivity index is 1.56. The van der Waals surface area contributed by atoms with Gasteiger partial charge in [-0.2, -0.15) is 0 Å². The van der Waals surface area contributed by atoms with Gasteiger partial charge < -0.3 is 9.80 Å². The van der Waals surface area contributed by atoms with Crippen LogP contribution in [0.3, 0.4) is 0 Å². The molecular formula is C20H22N4O2. The molecule has 3 aliphatic rings. The molecule has 0 saturated carbocycles. The molecule has 0 unspecified atom stereocenters. The van der Waals surface area contributed by atoms with Gasteiger partial charge in [0.25, 0.3) is 11.8 Å². The number of amides is 2. The van der Waals surface area contributed by atoms with Gasteiger partial charge in [-0.15, -0.1) is 0 Å². The van der Waals surface area contributed by atoms with E-state index in [0.717, 1.165) is 12.8 Å². The van der Waals surface area contributed by atoms with E-state index in [-0.39, 0.29) is 17.9 Å². The second kappa shape index (κ2) is 6.86. The van der Waals surface area contributed by atoms with Crippen LogP contribution in [0.2, 0.25) is 0 Å². The summed E-state index contributed by atoms with van der Waals surface area (Å²) >= 11 is 0. The molecular weight excluding hydrogens is 328 g/mol. The molecule has 6 heteroatoms. The summed E-state index contributed by atoms with van der Waals surface area (Å²) < 4.78 is 0. The van der Waals surface area contributed by atoms with E-state index in [1.165, 1.54) is 6.33 Å². The van der Waals surface area contributed by atoms with Crippen molar-refractivity contribution >= 4 is 11.8 Å². The number of aryl methyl sites for hydroxylation is 1. The summed E-state index contributed by atoms with van der Waals surface area (Å²) in [5.41, 5.74) is 1.96. The molecule has 0 radical (unpaired) electrons. The van der Waals surface area contributed by atoms with Crippen molar-refractivity contribution in [3.05, 3.63) is 59.7 Å². The van der Waals surface area contributed by atoms with Crippen LogP contribution in [0.15, 0.2) is 42.9 Å². The third kappa shape index (κ3) is 3.07. The molecule has 5 rings (SSSR count). The van der Waals surface area contributed by atoms with Gasteiger partial charge in [-0.05, 0) is 37.8 Å². The number of fused-ring (bicyclic) bond motifs is 4. The standard InChI is InChI=1S/C20H22N4O2/c1-14-18(9-21-13-22-14)20(26)24-11-15-7-8-17(24)12-23(10-15)19(25)16-5-3-2-4-6-16/h2-6,9,13,15,17H,7-8,10-12H2,1H3/t15-,17+/m0/s1. The van der Waals surface area contributed by atoms with E-state index >= 15 is 0 Å². The molecule has 1 aromatic heterocycles. The van der Waals surface area contributed by atoms with Crippen molar-refractivity contribution in [3.63, 3.8) is 0 Å². The molecule has 4 heterocycles. The zero-order valence-corrected chi connectivity index (χ0v) is 14.8. The first-order valence-electron chi connectivity index (χ1n) is 9.05. The lowest BCUT2D eigenvalue weighted by atomic mass is 9.94. The largest absolute Gasteiger partial charge is 0.336 e. The molecule has 3 saturated heterocycles. The third-order valence-corrected chi connectivity index (χ3v) is 5.42. The fourth-order valence-corrected chi connectivity index (χ4v) is 4.02. The first-order chi connectivity index (χ1) is 12.6. The molecule has 3 aliphatic heterocycles. The zero-order valence-electron chi connectivity index (χ0n) is 14.8. The van der Waals surface area contributed by atoms with Crippen molar-refractivity contribution < 1.29 is 9.59 Å². The maximum Gasteiger partial charge on any atom is 0.257 e. The molecule has 2 bridgehead atoms. The smallest absolute Gasteiger partial charge is 0.257 e. The molecule has 26 heavy (non-hydrogen) atoms. The van der Waals surface area contributed by atoms with E-state index in [2.05, 4.69) is 9.97 Å². The normalized spacial score (nSPS) is 22.2. The van der Waals surface area contributed by atoms with Gasteiger partial charge in [-0.1, -0.05) is 18.2 Å². The lowest BCUT2D eigenvalue weighted by Gasteiger charge is -2.36. The van der Waals surface area contributed by atoms with E-state index in [1.54, 1.807) is 6.20 Å². The molecule has 2 amide bonds. The molecule has 0 spiro atoms. The van der Waals surface area contributed by atoms with Gasteiger partial charge >= 0.3 is 0 Å². The minimum atomic E-state index is -0.0215. The maximum absolute atomic E-state index is 13.1. The number of hydrogen-bond acceptors (Lipinski definition) is 4. The quantitative estimate of drug-likeness (QED) is 0.832. The minimum absolute atomic E-state index is 0.0215. The van der Waals surface area contributed by atoms with Crippen LogP contribution in [0.5, 0.6) is 0 Å². The summed E-state index contributed by atoms with van der Waals surface area (Å²) in [6.45, 7) is 3.81. The van der Waals surface area contributed by atoms with Crippen molar-refractivity contribution in [1.82, 2.24) is 19.8 Å². The summed E-state index contributed by atoms with van der Waals surface area (Å²) in [6.07, 6.45) is 5.04. The van der Waals surface area contributed by atoms with Crippen molar-refractivity contribution in [2.45, 2.75) is 25.8 Å². The lowest BCUT2D eigenvalue weighted by molar-refractivity contribution is 0.0572. The van der Waals surface area contributed by atoms with Crippen LogP contribution in [-0.4, -0.2) is 57.3 Å². The van der Waals surface area contributed by atoms with Gasteiger partial charge in [0.05, 0.1) is 11.3 Å². The Hall–Kier alpha value is -2.76. The molecule has 1 aromatic carbocycles. The van der Waals surface area contributed by atoms with Gasteiger partial charge in [-0.25, -0.2) is 9.97 Å². The number of carbonyl (C=O) groups is 2. The molecule has 2 aromatic rings. The van der Waals surface area contributed by atoms with Crippen LogP contribution in [0.25, 0.3) is 0 Å². The highest BCUT2D eigenvalue weighted by Crippen LogP contribution is 2.30. The Morgan fingerprint density at radius 1 is 1.04 bits per heavy atom. The first-order valence-corrected chi connectivity index (χ1v) is 9.05. The molecule has 6 nitrogen and oxygen atoms in total. The Labute approximate surface area is 152 Å². The SMILES string of the molecule is Cc1ncncc1C(=O)N1C[C@H]2CC[C@@H]1CN(C(=O)c1ccccc1)C2. The van der Waals surface area contributed by atoms with Gasteiger partial charge in [0, 0.05) is 37.4 Å². The number of hydrogen-bond donors (Lipinski definition) is 0. The molecule has 0 N–H and O–H groups in total. The number of benzene rings is 1. The highest BCUT2D eigenvalue weighted by Gasteiger charge is 2.39. The molecule has 0 aliphatic carbocycles. The summed E-state index contributed by atoms with van der Waals surface area (Å²) in [6, 6.07) is 9.42. The van der Waals surface area contributed by atoms with Crippen LogP contribution in [-0.2, 0) is 0 Å². The van der Waals surface area contributed by atoms with Crippen LogP contribution in [0.1, 0.15) is 39.3 Å². The number of piperidine rings is 1. The van der Waals surface area contributed by atoms with Crippen LogP contribution in [0, 0.1) is 12.8 Å². The van der Waals surface area contributed by atoms with Crippen molar-refractivity contribution in [2.24, 2.45) is 5.92 Å². The zero-order chi connectivity index (χ0) is 18.1. The summed E-state index contributed by atoms with van der Waals surface area (Å²) in [7, 11) is 0. The van der Waals surface area contributed by atoms with Gasteiger partial charge in [0.2, 0.25) is 0 Å². The monoisotopic (exact) mass is 350 g/mol. The Kier molecular flexibility index (Phi) is 4.41. The Morgan fingerprint density at radius 2 is 1.85 bits per heavy atom. The van der Waals surface area contributed by atoms with E-state index in [9.17, 15) is 9.59 Å². The topological polar surface area (TPSA) is 66.4 Å². The number of carbonyl (C=O) groups excluding carboxylic acids is 2. The van der Waals surface area contributed by atoms with E-state index in [4.69, 9.17) is 0 Å². The predicted molar refractivity (Wildman–Crippen MR) is 96.7 cm³/mol. The summed E-state index contributed by atoms with van der Waals surface area (Å²) in [5, 5.41) is 0. The Bertz CT molecular complexity index is 824. The highest BCUT2D eigenvalue weighted by molar-refractivity contribution is 5.96. The van der Waals surface area contributed by atoms with Crippen molar-refractivity contribution in [2.75, 3.05) is 19.6 Å². The van der Waals surface area contributed by atoms with Crippen LogP contribution >= 0.6 is 0 Å². The fourth-order valence-electron chi connectivity index (χ4n) is 4.02. The summed E-state index contributed by atoms with van der Waals surface area (Å²) in [4.78, 5) is 37.9. The van der Waals surface area contributed by atoms with Gasteiger partial charge in [0.15, 0.2) is 0 Å². The van der Waals surface area contributed by atoms with Crippen LogP contribution < -0.4 is 0 Å². The highest BCUT2D eigenvalue weighted by atomic mass is 16.2. The maximum atomic E-state index is 13.1. The van der Waals surface area contributed by atoms with Crippen molar-refractivity contribution in [1.29, 1.82) is 0 Å². The Morgan fingerprint density at radius 3 is 2.62 bits per heavy atom. The first kappa shape index (κ1) is 16.7. The third-order valence-electron chi connectivity index (χ3n) is 5.42. The number of nitrogens with zero attached hydrogens (tertiary/aromatic N) is 4. The summed E-state index contributed by atoms with van der Waals surface area (Å²) in [5.74, 6) is 0.345. The predicted octanol–water partition coefficient (Wildman–Crippen LogP) is 2.16. The molecule has 2 atom stereocenters. The van der Waals surface area contributed by atoms with Gasteiger partial charge in [-0.3, -0.25) is 9.59 Å². The average molecular weight is 350 g/mol. The molecule has 3 fully saturated rings. The van der Waals surface area contributed by atoms with E-state index < -0.39 is 0 Å². The van der Waals surface area contributed by atoms with Gasteiger partial charge in [0.1, 0.15) is 6.33 Å². The van der Waals surface area contributed by atoms with Crippen LogP contribution in [0.4, 0.5) is 0 Å². The molecule has 134 valence electrons. The second-order valence-electron chi connectivity index (χ2n) is 7.15. The van der Waals surface area contributed by atoms with E-state index in [0.29, 0.717) is 42.4 Å². The number of aromatic nitrogens is 2. The second-order valence-corrected chi connectivity index (χ2v) is 7.15.